The molecule has 0 radical (unpaired) electrons. The van der Waals surface area contributed by atoms with Gasteiger partial charge in [0.25, 0.3) is 0 Å². The molecule has 1 heteroatoms. The molecule has 1 heterocycles. The van der Waals surface area contributed by atoms with Crippen molar-refractivity contribution >= 4 is 0 Å². The normalized spacial score (nSPS) is 36.0. The van der Waals surface area contributed by atoms with Gasteiger partial charge in [0, 0.05) is 18.1 Å². The maximum Gasteiger partial charge on any atom is 0.0180 e. The molecule has 3 atom stereocenters. The van der Waals surface area contributed by atoms with Crippen molar-refractivity contribution in [1.29, 1.82) is 0 Å². The lowest BCUT2D eigenvalue weighted by Gasteiger charge is -2.45. The predicted molar refractivity (Wildman–Crippen MR) is 75.2 cm³/mol. The molecule has 2 fully saturated rings. The quantitative estimate of drug-likeness (QED) is 0.606. The molecule has 3 unspecified atom stereocenters. The fourth-order valence-electron chi connectivity index (χ4n) is 4.28. The second-order valence-electron chi connectivity index (χ2n) is 8.34. The summed E-state index contributed by atoms with van der Waals surface area (Å²) < 4.78 is 0. The average Bonchev–Trinajstić information content (AvgIpc) is 2.54. The Kier molecular flexibility index (Phi) is 3.36. The molecule has 1 saturated carbocycles. The minimum absolute atomic E-state index is 0.329. The van der Waals surface area contributed by atoms with Crippen molar-refractivity contribution < 1.29 is 0 Å². The zero-order valence-electron chi connectivity index (χ0n) is 12.7. The van der Waals surface area contributed by atoms with Gasteiger partial charge in [-0.15, -0.1) is 0 Å². The molecule has 2 rings (SSSR count). The Bertz CT molecular complexity index is 268. The van der Waals surface area contributed by atoms with E-state index in [1.165, 1.54) is 32.2 Å². The fourth-order valence-corrected chi connectivity index (χ4v) is 4.28. The first-order valence-electron chi connectivity index (χ1n) is 7.48. The van der Waals surface area contributed by atoms with Gasteiger partial charge in [0.2, 0.25) is 0 Å². The Morgan fingerprint density at radius 3 is 2.00 bits per heavy atom. The van der Waals surface area contributed by atoms with Gasteiger partial charge in [-0.1, -0.05) is 33.6 Å². The molecule has 0 aromatic carbocycles. The first kappa shape index (κ1) is 13.4. The summed E-state index contributed by atoms with van der Waals surface area (Å²) in [4.78, 5) is 2.81. The Balaban J connectivity index is 2.27. The third kappa shape index (κ3) is 2.54. The van der Waals surface area contributed by atoms with Gasteiger partial charge in [-0.3, -0.25) is 4.90 Å². The molecular weight excluding hydrogens is 206 g/mol. The summed E-state index contributed by atoms with van der Waals surface area (Å²) in [7, 11) is 0. The van der Waals surface area contributed by atoms with Crippen LogP contribution in [-0.4, -0.2) is 23.0 Å². The number of likely N-dealkylation sites (tertiary alicyclic amines) is 1. The van der Waals surface area contributed by atoms with Crippen LogP contribution >= 0.6 is 0 Å². The zero-order chi connectivity index (χ0) is 12.8. The molecule has 0 bridgehead atoms. The van der Waals surface area contributed by atoms with Crippen LogP contribution in [0.3, 0.4) is 0 Å². The number of hydrogen-bond acceptors (Lipinski definition) is 1. The fraction of sp³-hybridized carbons (Fsp3) is 1.00. The van der Waals surface area contributed by atoms with Gasteiger partial charge in [-0.05, 0) is 50.9 Å². The number of fused-ring (bicyclic) bond motifs is 1. The molecule has 0 N–H and O–H groups in total. The molecule has 1 aliphatic heterocycles. The summed E-state index contributed by atoms with van der Waals surface area (Å²) in [5, 5.41) is 0. The Morgan fingerprint density at radius 1 is 0.882 bits per heavy atom. The van der Waals surface area contributed by atoms with Gasteiger partial charge in [0.05, 0.1) is 0 Å². The molecule has 1 nitrogen and oxygen atoms in total. The van der Waals surface area contributed by atoms with E-state index in [4.69, 9.17) is 0 Å². The largest absolute Gasteiger partial charge is 0.294 e. The smallest absolute Gasteiger partial charge is 0.0180 e. The second-order valence-corrected chi connectivity index (χ2v) is 8.34. The van der Waals surface area contributed by atoms with Gasteiger partial charge < -0.3 is 0 Å². The van der Waals surface area contributed by atoms with Crippen molar-refractivity contribution in [3.63, 3.8) is 0 Å². The summed E-state index contributed by atoms with van der Waals surface area (Å²) in [6.45, 7) is 15.8. The Hall–Kier alpha value is -0.0400. The third-order valence-electron chi connectivity index (χ3n) is 4.89. The maximum atomic E-state index is 2.81. The Labute approximate surface area is 108 Å². The highest BCUT2D eigenvalue weighted by Crippen LogP contribution is 2.48. The molecule has 0 spiro atoms. The molecule has 0 aromatic heterocycles. The van der Waals surface area contributed by atoms with Crippen LogP contribution in [-0.2, 0) is 0 Å². The first-order valence-corrected chi connectivity index (χ1v) is 7.48. The SMILES string of the molecule is CC(C)(C)C1C2CCCCC2CN1C(C)(C)C. The molecule has 2 aliphatic rings. The minimum atomic E-state index is 0.329. The standard InChI is InChI=1S/C16H31N/c1-15(2,3)14-13-10-8-7-9-12(13)11-17(14)16(4,5)6/h12-14H,7-11H2,1-6H3. The predicted octanol–water partition coefficient (Wildman–Crippen LogP) is 4.32. The summed E-state index contributed by atoms with van der Waals surface area (Å²) in [5.41, 5.74) is 0.749. The molecule has 0 aromatic rings. The third-order valence-corrected chi connectivity index (χ3v) is 4.89. The Morgan fingerprint density at radius 2 is 1.47 bits per heavy atom. The van der Waals surface area contributed by atoms with Gasteiger partial charge >= 0.3 is 0 Å². The summed E-state index contributed by atoms with van der Waals surface area (Å²) in [6.07, 6.45) is 5.88. The molecular formula is C16H31N. The van der Waals surface area contributed by atoms with Crippen LogP contribution in [0.15, 0.2) is 0 Å². The maximum absolute atomic E-state index is 2.81. The van der Waals surface area contributed by atoms with Gasteiger partial charge in [0.15, 0.2) is 0 Å². The van der Waals surface area contributed by atoms with Crippen molar-refractivity contribution in [3.8, 4) is 0 Å². The van der Waals surface area contributed by atoms with E-state index < -0.39 is 0 Å². The lowest BCUT2D eigenvalue weighted by molar-refractivity contribution is 0.0362. The molecule has 0 amide bonds. The molecule has 1 aliphatic carbocycles. The van der Waals surface area contributed by atoms with E-state index in [0.29, 0.717) is 11.0 Å². The van der Waals surface area contributed by atoms with E-state index in [1.807, 2.05) is 0 Å². The lowest BCUT2D eigenvalue weighted by Crippen LogP contribution is -2.51. The highest BCUT2D eigenvalue weighted by molar-refractivity contribution is 5.03. The van der Waals surface area contributed by atoms with Crippen molar-refractivity contribution in [2.45, 2.75) is 78.8 Å². The van der Waals surface area contributed by atoms with Crippen LogP contribution in [0.4, 0.5) is 0 Å². The van der Waals surface area contributed by atoms with E-state index >= 15 is 0 Å². The average molecular weight is 237 g/mol. The highest BCUT2D eigenvalue weighted by Gasteiger charge is 2.50. The first-order chi connectivity index (χ1) is 7.71. The van der Waals surface area contributed by atoms with Crippen molar-refractivity contribution in [2.24, 2.45) is 17.3 Å². The van der Waals surface area contributed by atoms with Crippen LogP contribution in [0.1, 0.15) is 67.2 Å². The van der Waals surface area contributed by atoms with E-state index in [9.17, 15) is 0 Å². The number of rotatable bonds is 0. The molecule has 17 heavy (non-hydrogen) atoms. The highest BCUT2D eigenvalue weighted by atomic mass is 15.3. The van der Waals surface area contributed by atoms with Crippen molar-refractivity contribution in [2.75, 3.05) is 6.54 Å². The van der Waals surface area contributed by atoms with E-state index in [1.54, 1.807) is 0 Å². The van der Waals surface area contributed by atoms with Crippen LogP contribution in [0, 0.1) is 17.3 Å². The molecule has 100 valence electrons. The van der Waals surface area contributed by atoms with Crippen LogP contribution in [0.5, 0.6) is 0 Å². The van der Waals surface area contributed by atoms with Gasteiger partial charge in [0.1, 0.15) is 0 Å². The van der Waals surface area contributed by atoms with Crippen molar-refractivity contribution in [1.82, 2.24) is 4.90 Å². The van der Waals surface area contributed by atoms with E-state index in [-0.39, 0.29) is 0 Å². The topological polar surface area (TPSA) is 3.24 Å². The van der Waals surface area contributed by atoms with Crippen molar-refractivity contribution in [3.05, 3.63) is 0 Å². The van der Waals surface area contributed by atoms with Crippen LogP contribution in [0.2, 0.25) is 0 Å². The number of hydrogen-bond donors (Lipinski definition) is 0. The molecule has 1 saturated heterocycles. The van der Waals surface area contributed by atoms with Crippen LogP contribution < -0.4 is 0 Å². The monoisotopic (exact) mass is 237 g/mol. The minimum Gasteiger partial charge on any atom is -0.294 e. The summed E-state index contributed by atoms with van der Waals surface area (Å²) >= 11 is 0. The number of nitrogens with zero attached hydrogens (tertiary/aromatic N) is 1. The zero-order valence-corrected chi connectivity index (χ0v) is 12.7. The summed E-state index contributed by atoms with van der Waals surface area (Å²) in [5.74, 6) is 1.94. The van der Waals surface area contributed by atoms with Gasteiger partial charge in [-0.2, -0.15) is 0 Å². The van der Waals surface area contributed by atoms with Crippen LogP contribution in [0.25, 0.3) is 0 Å². The van der Waals surface area contributed by atoms with E-state index in [0.717, 1.165) is 17.9 Å². The lowest BCUT2D eigenvalue weighted by atomic mass is 9.71. The second kappa shape index (κ2) is 4.26. The van der Waals surface area contributed by atoms with Gasteiger partial charge in [-0.25, -0.2) is 0 Å². The summed E-state index contributed by atoms with van der Waals surface area (Å²) in [6, 6.07) is 0.785. The van der Waals surface area contributed by atoms with E-state index in [2.05, 4.69) is 46.4 Å².